The fourth-order valence-corrected chi connectivity index (χ4v) is 2.22. The van der Waals surface area contributed by atoms with E-state index in [0.717, 1.165) is 12.0 Å². The van der Waals surface area contributed by atoms with E-state index in [2.05, 4.69) is 12.2 Å². The standard InChI is InChI=1S/C19H23NO2/c1-4-16-10-12-18(13-11-16)22-15(3)19(21)20-14(2)17-8-6-5-7-9-17/h5-15H,4H2,1-3H3,(H,20,21)/t14-,15-/m0/s1. The Morgan fingerprint density at radius 1 is 1.05 bits per heavy atom. The minimum atomic E-state index is -0.529. The lowest BCUT2D eigenvalue weighted by Gasteiger charge is -2.19. The van der Waals surface area contributed by atoms with Gasteiger partial charge in [-0.2, -0.15) is 0 Å². The number of carbonyl (C=O) groups is 1. The highest BCUT2D eigenvalue weighted by Crippen LogP contribution is 2.15. The lowest BCUT2D eigenvalue weighted by Crippen LogP contribution is -2.37. The number of nitrogens with one attached hydrogen (secondary N) is 1. The van der Waals surface area contributed by atoms with Crippen LogP contribution >= 0.6 is 0 Å². The largest absolute Gasteiger partial charge is 0.481 e. The van der Waals surface area contributed by atoms with Crippen LogP contribution in [0.1, 0.15) is 37.9 Å². The van der Waals surface area contributed by atoms with Gasteiger partial charge in [0.2, 0.25) is 0 Å². The number of rotatable bonds is 6. The molecule has 2 atom stereocenters. The van der Waals surface area contributed by atoms with E-state index in [-0.39, 0.29) is 11.9 Å². The lowest BCUT2D eigenvalue weighted by atomic mass is 10.1. The number of aryl methyl sites for hydroxylation is 1. The zero-order valence-corrected chi connectivity index (χ0v) is 13.4. The number of carbonyl (C=O) groups excluding carboxylic acids is 1. The molecule has 22 heavy (non-hydrogen) atoms. The molecule has 0 bridgehead atoms. The molecule has 3 nitrogen and oxygen atoms in total. The maximum absolute atomic E-state index is 12.2. The highest BCUT2D eigenvalue weighted by molar-refractivity contribution is 5.81. The van der Waals surface area contributed by atoms with E-state index < -0.39 is 6.10 Å². The van der Waals surface area contributed by atoms with Crippen LogP contribution in [0.3, 0.4) is 0 Å². The van der Waals surface area contributed by atoms with Gasteiger partial charge >= 0.3 is 0 Å². The van der Waals surface area contributed by atoms with E-state index >= 15 is 0 Å². The first-order valence-electron chi connectivity index (χ1n) is 7.71. The summed E-state index contributed by atoms with van der Waals surface area (Å²) in [5.74, 6) is 0.600. The Kier molecular flexibility index (Phi) is 5.59. The normalized spacial score (nSPS) is 13.2. The molecule has 3 heteroatoms. The first-order chi connectivity index (χ1) is 10.6. The maximum Gasteiger partial charge on any atom is 0.261 e. The van der Waals surface area contributed by atoms with Crippen molar-refractivity contribution in [2.24, 2.45) is 0 Å². The zero-order valence-electron chi connectivity index (χ0n) is 13.4. The van der Waals surface area contributed by atoms with E-state index in [9.17, 15) is 4.79 Å². The molecule has 0 heterocycles. The molecule has 0 aromatic heterocycles. The molecule has 0 saturated carbocycles. The van der Waals surface area contributed by atoms with E-state index in [0.29, 0.717) is 5.75 Å². The van der Waals surface area contributed by atoms with Gasteiger partial charge in [-0.05, 0) is 43.5 Å². The third kappa shape index (κ3) is 4.35. The van der Waals surface area contributed by atoms with Crippen molar-refractivity contribution in [2.75, 3.05) is 0 Å². The molecule has 2 rings (SSSR count). The predicted octanol–water partition coefficient (Wildman–Crippen LogP) is 3.89. The Morgan fingerprint density at radius 3 is 2.27 bits per heavy atom. The van der Waals surface area contributed by atoms with Crippen molar-refractivity contribution in [3.05, 3.63) is 65.7 Å². The molecule has 1 N–H and O–H groups in total. The highest BCUT2D eigenvalue weighted by Gasteiger charge is 2.17. The molecule has 2 aromatic rings. The second-order valence-corrected chi connectivity index (χ2v) is 5.40. The van der Waals surface area contributed by atoms with Crippen molar-refractivity contribution in [3.63, 3.8) is 0 Å². The molecular formula is C19H23NO2. The van der Waals surface area contributed by atoms with E-state index in [1.165, 1.54) is 5.56 Å². The van der Waals surface area contributed by atoms with Crippen LogP contribution in [0, 0.1) is 0 Å². The monoisotopic (exact) mass is 297 g/mol. The van der Waals surface area contributed by atoms with Crippen LogP contribution in [0.5, 0.6) is 5.75 Å². The van der Waals surface area contributed by atoms with Crippen LogP contribution in [-0.2, 0) is 11.2 Å². The third-order valence-electron chi connectivity index (χ3n) is 3.67. The lowest BCUT2D eigenvalue weighted by molar-refractivity contribution is -0.127. The quantitative estimate of drug-likeness (QED) is 0.878. The van der Waals surface area contributed by atoms with Crippen LogP contribution in [-0.4, -0.2) is 12.0 Å². The minimum Gasteiger partial charge on any atom is -0.481 e. The topological polar surface area (TPSA) is 38.3 Å². The Hall–Kier alpha value is -2.29. The van der Waals surface area contributed by atoms with Crippen LogP contribution in [0.4, 0.5) is 0 Å². The Bertz CT molecular complexity index is 593. The van der Waals surface area contributed by atoms with Gasteiger partial charge < -0.3 is 10.1 Å². The number of hydrogen-bond donors (Lipinski definition) is 1. The molecular weight excluding hydrogens is 274 g/mol. The summed E-state index contributed by atoms with van der Waals surface area (Å²) in [6.45, 7) is 5.84. The van der Waals surface area contributed by atoms with Crippen LogP contribution in [0.15, 0.2) is 54.6 Å². The van der Waals surface area contributed by atoms with Crippen molar-refractivity contribution >= 4 is 5.91 Å². The number of benzene rings is 2. The molecule has 0 saturated heterocycles. The van der Waals surface area contributed by atoms with Crippen molar-refractivity contribution < 1.29 is 9.53 Å². The Labute approximate surface area is 132 Å². The van der Waals surface area contributed by atoms with Crippen molar-refractivity contribution in [3.8, 4) is 5.75 Å². The predicted molar refractivity (Wildman–Crippen MR) is 88.9 cm³/mol. The average Bonchev–Trinajstić information content (AvgIpc) is 2.56. The van der Waals surface area contributed by atoms with Gasteiger partial charge in [-0.25, -0.2) is 0 Å². The fourth-order valence-electron chi connectivity index (χ4n) is 2.22. The van der Waals surface area contributed by atoms with Gasteiger partial charge in [0.15, 0.2) is 6.10 Å². The van der Waals surface area contributed by atoms with Gasteiger partial charge in [0.25, 0.3) is 5.91 Å². The van der Waals surface area contributed by atoms with Crippen LogP contribution in [0.25, 0.3) is 0 Å². The van der Waals surface area contributed by atoms with Crippen molar-refractivity contribution in [2.45, 2.75) is 39.3 Å². The van der Waals surface area contributed by atoms with Crippen LogP contribution in [0.2, 0.25) is 0 Å². The highest BCUT2D eigenvalue weighted by atomic mass is 16.5. The summed E-state index contributed by atoms with van der Waals surface area (Å²) in [5, 5.41) is 2.97. The summed E-state index contributed by atoms with van der Waals surface area (Å²) in [5.41, 5.74) is 2.33. The molecule has 0 aliphatic heterocycles. The molecule has 0 spiro atoms. The smallest absolute Gasteiger partial charge is 0.261 e. The minimum absolute atomic E-state index is 0.0396. The van der Waals surface area contributed by atoms with Gasteiger partial charge in [0.1, 0.15) is 5.75 Å². The van der Waals surface area contributed by atoms with Gasteiger partial charge in [0.05, 0.1) is 6.04 Å². The molecule has 0 aliphatic carbocycles. The van der Waals surface area contributed by atoms with Gasteiger partial charge in [0, 0.05) is 0 Å². The van der Waals surface area contributed by atoms with Gasteiger partial charge in [-0.15, -0.1) is 0 Å². The van der Waals surface area contributed by atoms with Crippen molar-refractivity contribution in [1.82, 2.24) is 5.32 Å². The summed E-state index contributed by atoms with van der Waals surface area (Å²) in [7, 11) is 0. The SMILES string of the molecule is CCc1ccc(O[C@@H](C)C(=O)N[C@@H](C)c2ccccc2)cc1. The number of hydrogen-bond acceptors (Lipinski definition) is 2. The average molecular weight is 297 g/mol. The molecule has 116 valence electrons. The van der Waals surface area contributed by atoms with Gasteiger partial charge in [-0.1, -0.05) is 49.4 Å². The summed E-state index contributed by atoms with van der Waals surface area (Å²) in [4.78, 5) is 12.2. The van der Waals surface area contributed by atoms with E-state index in [1.807, 2.05) is 61.5 Å². The molecule has 1 amide bonds. The van der Waals surface area contributed by atoms with Gasteiger partial charge in [-0.3, -0.25) is 4.79 Å². The molecule has 0 radical (unpaired) electrons. The second-order valence-electron chi connectivity index (χ2n) is 5.40. The fraction of sp³-hybridized carbons (Fsp3) is 0.316. The summed E-state index contributed by atoms with van der Waals surface area (Å²) >= 11 is 0. The number of amides is 1. The first-order valence-corrected chi connectivity index (χ1v) is 7.71. The van der Waals surface area contributed by atoms with E-state index in [1.54, 1.807) is 6.92 Å². The van der Waals surface area contributed by atoms with Crippen LogP contribution < -0.4 is 10.1 Å². The van der Waals surface area contributed by atoms with E-state index in [4.69, 9.17) is 4.74 Å². The molecule has 0 unspecified atom stereocenters. The third-order valence-corrected chi connectivity index (χ3v) is 3.67. The molecule has 2 aromatic carbocycles. The summed E-state index contributed by atoms with van der Waals surface area (Å²) < 4.78 is 5.70. The molecule has 0 aliphatic rings. The first kappa shape index (κ1) is 16.1. The summed E-state index contributed by atoms with van der Waals surface area (Å²) in [6, 6.07) is 17.7. The zero-order chi connectivity index (χ0) is 15.9. The Morgan fingerprint density at radius 2 is 1.68 bits per heavy atom. The van der Waals surface area contributed by atoms with Crippen molar-refractivity contribution in [1.29, 1.82) is 0 Å². The molecule has 0 fully saturated rings. The Balaban J connectivity index is 1.91. The maximum atomic E-state index is 12.2. The second kappa shape index (κ2) is 7.64. The summed E-state index contributed by atoms with van der Waals surface area (Å²) in [6.07, 6.45) is 0.462. The number of ether oxygens (including phenoxy) is 1.